The number of carbonyl (C=O) groups excluding carboxylic acids is 1. The highest BCUT2D eigenvalue weighted by atomic mass is 127. The molecule has 0 radical (unpaired) electrons. The molecule has 0 aliphatic carbocycles. The van der Waals surface area contributed by atoms with Crippen LogP contribution in [0.1, 0.15) is 16.7 Å². The minimum Gasteiger partial charge on any atom is -0.488 e. The molecule has 0 aromatic heterocycles. The maximum atomic E-state index is 12.1. The van der Waals surface area contributed by atoms with Gasteiger partial charge >= 0.3 is 0 Å². The van der Waals surface area contributed by atoms with Crippen molar-refractivity contribution < 1.29 is 9.53 Å². The van der Waals surface area contributed by atoms with Crippen LogP contribution in [0.4, 0.5) is 5.69 Å². The van der Waals surface area contributed by atoms with Crippen LogP contribution in [0.15, 0.2) is 76.3 Å². The van der Waals surface area contributed by atoms with E-state index in [1.165, 1.54) is 9.13 Å². The molecule has 5 nitrogen and oxygen atoms in total. The molecule has 0 aliphatic rings. The molecule has 3 aromatic rings. The number of ether oxygens (including phenoxy) is 1. The topological polar surface area (TPSA) is 62.7 Å². The summed E-state index contributed by atoms with van der Waals surface area (Å²) >= 11 is 5.71. The summed E-state index contributed by atoms with van der Waals surface area (Å²) in [4.78, 5) is 12.1. The third-order valence-electron chi connectivity index (χ3n) is 4.23. The van der Waals surface area contributed by atoms with Crippen LogP contribution in [-0.2, 0) is 11.4 Å². The van der Waals surface area contributed by atoms with Gasteiger partial charge in [0.2, 0.25) is 0 Å². The Hall–Kier alpha value is -2.39. The lowest BCUT2D eigenvalue weighted by molar-refractivity contribution is -0.119. The second kappa shape index (κ2) is 11.1. The highest BCUT2D eigenvalue weighted by Gasteiger charge is 2.04. The van der Waals surface area contributed by atoms with Crippen molar-refractivity contribution in [2.75, 3.05) is 11.9 Å². The molecule has 0 atom stereocenters. The number of nitrogens with zero attached hydrogens (tertiary/aromatic N) is 1. The van der Waals surface area contributed by atoms with Crippen molar-refractivity contribution in [2.45, 2.75) is 13.5 Å². The fourth-order valence-electron chi connectivity index (χ4n) is 2.61. The molecule has 0 fully saturated rings. The van der Waals surface area contributed by atoms with Gasteiger partial charge in [0, 0.05) is 19.3 Å². The van der Waals surface area contributed by atoms with Gasteiger partial charge in [0.1, 0.15) is 12.4 Å². The van der Waals surface area contributed by atoms with Crippen molar-refractivity contribution in [3.8, 4) is 5.75 Å². The fraction of sp³-hybridized carbons (Fsp3) is 0.130. The largest absolute Gasteiger partial charge is 0.488 e. The molecule has 30 heavy (non-hydrogen) atoms. The summed E-state index contributed by atoms with van der Waals surface area (Å²) in [6.07, 6.45) is 1.59. The molecule has 0 heterocycles. The smallest absolute Gasteiger partial charge is 0.259 e. The Morgan fingerprint density at radius 3 is 2.67 bits per heavy atom. The number of halogens is 2. The SMILES string of the molecule is Cc1cc(NCC(=O)N/N=C/c2ccccc2OCc2ccc(Br)cc2)ccc1I. The van der Waals surface area contributed by atoms with E-state index in [2.05, 4.69) is 54.4 Å². The Labute approximate surface area is 198 Å². The number of rotatable bonds is 8. The van der Waals surface area contributed by atoms with Gasteiger partial charge in [-0.15, -0.1) is 0 Å². The Morgan fingerprint density at radius 1 is 1.13 bits per heavy atom. The van der Waals surface area contributed by atoms with Gasteiger partial charge in [0.15, 0.2) is 0 Å². The van der Waals surface area contributed by atoms with Crippen molar-refractivity contribution in [2.24, 2.45) is 5.10 Å². The van der Waals surface area contributed by atoms with Gasteiger partial charge in [-0.05, 0) is 83.1 Å². The summed E-state index contributed by atoms with van der Waals surface area (Å²) < 4.78 is 8.13. The van der Waals surface area contributed by atoms with E-state index in [-0.39, 0.29) is 12.5 Å². The average Bonchev–Trinajstić information content (AvgIpc) is 2.75. The molecule has 0 bridgehead atoms. The first kappa shape index (κ1) is 22.3. The summed E-state index contributed by atoms with van der Waals surface area (Å²) in [7, 11) is 0. The number of amides is 1. The van der Waals surface area contributed by atoms with E-state index >= 15 is 0 Å². The number of hydrogen-bond donors (Lipinski definition) is 2. The van der Waals surface area contributed by atoms with Gasteiger partial charge < -0.3 is 10.1 Å². The van der Waals surface area contributed by atoms with Crippen molar-refractivity contribution in [3.63, 3.8) is 0 Å². The fourth-order valence-corrected chi connectivity index (χ4v) is 3.21. The zero-order valence-corrected chi connectivity index (χ0v) is 20.1. The summed E-state index contributed by atoms with van der Waals surface area (Å²) in [5.41, 5.74) is 6.46. The zero-order valence-electron chi connectivity index (χ0n) is 16.4. The molecule has 0 spiro atoms. The van der Waals surface area contributed by atoms with Crippen molar-refractivity contribution >= 4 is 56.3 Å². The van der Waals surface area contributed by atoms with Crippen molar-refractivity contribution in [1.82, 2.24) is 5.43 Å². The summed E-state index contributed by atoms with van der Waals surface area (Å²) in [5.74, 6) is 0.474. The number of nitrogens with one attached hydrogen (secondary N) is 2. The minimum atomic E-state index is -0.226. The lowest BCUT2D eigenvalue weighted by Gasteiger charge is -2.09. The average molecular weight is 578 g/mol. The molecule has 7 heteroatoms. The van der Waals surface area contributed by atoms with Crippen LogP contribution in [0.5, 0.6) is 5.75 Å². The van der Waals surface area contributed by atoms with Crippen LogP contribution in [-0.4, -0.2) is 18.7 Å². The predicted molar refractivity (Wildman–Crippen MR) is 133 cm³/mol. The minimum absolute atomic E-state index is 0.138. The molecule has 0 unspecified atom stereocenters. The molecule has 1 amide bonds. The maximum Gasteiger partial charge on any atom is 0.259 e. The van der Waals surface area contributed by atoms with Gasteiger partial charge in [-0.1, -0.05) is 40.2 Å². The van der Waals surface area contributed by atoms with Crippen LogP contribution in [0.3, 0.4) is 0 Å². The Balaban J connectivity index is 1.52. The second-order valence-corrected chi connectivity index (χ2v) is 8.64. The lowest BCUT2D eigenvalue weighted by Crippen LogP contribution is -2.25. The quantitative estimate of drug-likeness (QED) is 0.211. The molecule has 2 N–H and O–H groups in total. The molecule has 0 saturated carbocycles. The molecule has 0 saturated heterocycles. The van der Waals surface area contributed by atoms with Crippen LogP contribution in [0.25, 0.3) is 0 Å². The Bertz CT molecular complexity index is 1040. The van der Waals surface area contributed by atoms with Gasteiger partial charge in [0.05, 0.1) is 12.8 Å². The summed E-state index contributed by atoms with van der Waals surface area (Å²) in [6.45, 7) is 2.62. The van der Waals surface area contributed by atoms with Gasteiger partial charge in [-0.25, -0.2) is 5.43 Å². The third-order valence-corrected chi connectivity index (χ3v) is 5.97. The molecule has 3 rings (SSSR count). The second-order valence-electron chi connectivity index (χ2n) is 6.56. The standard InChI is InChI=1S/C23H21BrIN3O2/c1-16-12-20(10-11-21(16)25)26-14-23(29)28-27-13-18-4-2-3-5-22(18)30-15-17-6-8-19(24)9-7-17/h2-13,26H,14-15H2,1H3,(H,28,29)/b27-13+. The van der Waals surface area contributed by atoms with E-state index < -0.39 is 0 Å². The van der Waals surface area contributed by atoms with Gasteiger partial charge in [-0.3, -0.25) is 4.79 Å². The molecule has 3 aromatic carbocycles. The van der Waals surface area contributed by atoms with E-state index in [1.54, 1.807) is 6.21 Å². The van der Waals surface area contributed by atoms with E-state index in [0.29, 0.717) is 12.4 Å². The van der Waals surface area contributed by atoms with E-state index in [9.17, 15) is 4.79 Å². The van der Waals surface area contributed by atoms with Crippen molar-refractivity contribution in [1.29, 1.82) is 0 Å². The Kier molecular flexibility index (Phi) is 8.27. The third kappa shape index (κ3) is 6.84. The number of anilines is 1. The molecule has 154 valence electrons. The van der Waals surface area contributed by atoms with Crippen LogP contribution >= 0.6 is 38.5 Å². The van der Waals surface area contributed by atoms with Gasteiger partial charge in [0.25, 0.3) is 5.91 Å². The number of carbonyl (C=O) groups is 1. The Morgan fingerprint density at radius 2 is 1.90 bits per heavy atom. The van der Waals surface area contributed by atoms with E-state index in [1.807, 2.05) is 73.7 Å². The highest BCUT2D eigenvalue weighted by molar-refractivity contribution is 14.1. The number of hydrazone groups is 1. The molecular formula is C23H21BrIN3O2. The van der Waals surface area contributed by atoms with E-state index in [0.717, 1.165) is 21.3 Å². The van der Waals surface area contributed by atoms with Gasteiger partial charge in [-0.2, -0.15) is 5.10 Å². The monoisotopic (exact) mass is 577 g/mol. The van der Waals surface area contributed by atoms with Crippen LogP contribution in [0, 0.1) is 10.5 Å². The number of aryl methyl sites for hydroxylation is 1. The summed E-state index contributed by atoms with van der Waals surface area (Å²) in [6, 6.07) is 21.5. The van der Waals surface area contributed by atoms with Crippen molar-refractivity contribution in [3.05, 3.63) is 91.5 Å². The van der Waals surface area contributed by atoms with E-state index in [4.69, 9.17) is 4.74 Å². The molecule has 0 aliphatic heterocycles. The lowest BCUT2D eigenvalue weighted by atomic mass is 10.2. The summed E-state index contributed by atoms with van der Waals surface area (Å²) in [5, 5.41) is 7.16. The highest BCUT2D eigenvalue weighted by Crippen LogP contribution is 2.19. The first-order valence-electron chi connectivity index (χ1n) is 9.29. The molecular weight excluding hydrogens is 557 g/mol. The number of hydrogen-bond acceptors (Lipinski definition) is 4. The maximum absolute atomic E-state index is 12.1. The number of benzene rings is 3. The number of para-hydroxylation sites is 1. The predicted octanol–water partition coefficient (Wildman–Crippen LogP) is 5.50. The first-order valence-corrected chi connectivity index (χ1v) is 11.2. The van der Waals surface area contributed by atoms with Crippen LogP contribution in [0.2, 0.25) is 0 Å². The zero-order chi connectivity index (χ0) is 21.3. The first-order chi connectivity index (χ1) is 14.5. The normalized spacial score (nSPS) is 10.8. The van der Waals surface area contributed by atoms with Crippen LogP contribution < -0.4 is 15.5 Å².